The maximum Gasteiger partial charge on any atom is 0.225 e. The number of aromatic nitrogens is 2. The van der Waals surface area contributed by atoms with E-state index in [4.69, 9.17) is 9.72 Å². The van der Waals surface area contributed by atoms with Gasteiger partial charge in [-0.3, -0.25) is 4.79 Å². The highest BCUT2D eigenvalue weighted by atomic mass is 16.5. The summed E-state index contributed by atoms with van der Waals surface area (Å²) in [6.07, 6.45) is 1.47. The van der Waals surface area contributed by atoms with Crippen LogP contribution < -0.4 is 14.5 Å². The van der Waals surface area contributed by atoms with Crippen LogP contribution in [0.1, 0.15) is 35.1 Å². The molecule has 0 bridgehead atoms. The molecule has 0 saturated carbocycles. The van der Waals surface area contributed by atoms with Crippen molar-refractivity contribution in [2.45, 2.75) is 26.7 Å². The fourth-order valence-corrected chi connectivity index (χ4v) is 4.06. The molecule has 1 aliphatic carbocycles. The number of carbonyl (C=O) groups is 1. The highest BCUT2D eigenvalue weighted by Crippen LogP contribution is 2.28. The zero-order valence-corrected chi connectivity index (χ0v) is 16.2. The van der Waals surface area contributed by atoms with Gasteiger partial charge in [0.25, 0.3) is 0 Å². The Kier molecular flexibility index (Phi) is 4.72. The first kappa shape index (κ1) is 17.8. The van der Waals surface area contributed by atoms with E-state index < -0.39 is 0 Å². The van der Waals surface area contributed by atoms with Gasteiger partial charge in [0.1, 0.15) is 5.75 Å². The van der Waals surface area contributed by atoms with Crippen LogP contribution in [-0.2, 0) is 6.42 Å². The Morgan fingerprint density at radius 2 is 1.81 bits per heavy atom. The quantitative estimate of drug-likeness (QED) is 0.833. The monoisotopic (exact) mass is 366 g/mol. The molecule has 0 radical (unpaired) electrons. The fraction of sp³-hybridized carbons (Fsp3) is 0.476. The number of ether oxygens (including phenoxy) is 1. The third-order valence-corrected chi connectivity index (χ3v) is 5.49. The second-order valence-corrected chi connectivity index (χ2v) is 7.54. The van der Waals surface area contributed by atoms with Gasteiger partial charge in [0.05, 0.1) is 24.1 Å². The Balaban J connectivity index is 1.51. The van der Waals surface area contributed by atoms with Crippen molar-refractivity contribution in [2.24, 2.45) is 5.92 Å². The van der Waals surface area contributed by atoms with E-state index >= 15 is 0 Å². The summed E-state index contributed by atoms with van der Waals surface area (Å²) in [6, 6.07) is 8.17. The molecule has 0 amide bonds. The average Bonchev–Trinajstić information content (AvgIpc) is 2.67. The number of benzene rings is 1. The van der Waals surface area contributed by atoms with Crippen molar-refractivity contribution < 1.29 is 9.53 Å². The minimum Gasteiger partial charge on any atom is -0.497 e. The van der Waals surface area contributed by atoms with Gasteiger partial charge in [-0.2, -0.15) is 0 Å². The normalized spacial score (nSPS) is 19.8. The number of ketones is 1. The van der Waals surface area contributed by atoms with Gasteiger partial charge >= 0.3 is 0 Å². The molecule has 1 fully saturated rings. The van der Waals surface area contributed by atoms with Crippen molar-refractivity contribution >= 4 is 17.4 Å². The molecule has 2 aliphatic rings. The summed E-state index contributed by atoms with van der Waals surface area (Å²) in [5.41, 5.74) is 3.68. The van der Waals surface area contributed by atoms with Gasteiger partial charge in [0.15, 0.2) is 5.78 Å². The maximum absolute atomic E-state index is 12.3. The summed E-state index contributed by atoms with van der Waals surface area (Å²) in [7, 11) is 1.69. The lowest BCUT2D eigenvalue weighted by molar-refractivity contribution is 0.0951. The summed E-state index contributed by atoms with van der Waals surface area (Å²) in [5.74, 6) is 2.19. The Morgan fingerprint density at radius 1 is 1.07 bits per heavy atom. The zero-order valence-electron chi connectivity index (χ0n) is 16.2. The molecule has 1 aromatic heterocycles. The van der Waals surface area contributed by atoms with Gasteiger partial charge < -0.3 is 14.5 Å². The first-order chi connectivity index (χ1) is 13.0. The van der Waals surface area contributed by atoms with Crippen LogP contribution in [0.25, 0.3) is 0 Å². The number of methoxy groups -OCH3 is 1. The van der Waals surface area contributed by atoms with Crippen LogP contribution in [0.15, 0.2) is 24.3 Å². The van der Waals surface area contributed by atoms with Crippen LogP contribution in [0.2, 0.25) is 0 Å². The summed E-state index contributed by atoms with van der Waals surface area (Å²) in [6.45, 7) is 7.58. The molecule has 1 aliphatic heterocycles. The number of fused-ring (bicyclic) bond motifs is 1. The molecular weight excluding hydrogens is 340 g/mol. The maximum atomic E-state index is 12.3. The van der Waals surface area contributed by atoms with Gasteiger partial charge in [-0.25, -0.2) is 9.97 Å². The van der Waals surface area contributed by atoms with E-state index in [0.29, 0.717) is 12.3 Å². The molecule has 4 rings (SSSR count). The third kappa shape index (κ3) is 3.48. The van der Waals surface area contributed by atoms with E-state index in [-0.39, 0.29) is 5.78 Å². The van der Waals surface area contributed by atoms with Gasteiger partial charge in [-0.15, -0.1) is 0 Å². The van der Waals surface area contributed by atoms with E-state index in [1.807, 2.05) is 19.1 Å². The summed E-state index contributed by atoms with van der Waals surface area (Å²) >= 11 is 0. The molecule has 0 unspecified atom stereocenters. The number of piperazine rings is 1. The van der Waals surface area contributed by atoms with Crippen LogP contribution in [-0.4, -0.2) is 49.0 Å². The van der Waals surface area contributed by atoms with E-state index in [1.54, 1.807) is 7.11 Å². The molecule has 6 heteroatoms. The highest BCUT2D eigenvalue weighted by Gasteiger charge is 2.28. The van der Waals surface area contributed by atoms with E-state index in [1.165, 1.54) is 5.69 Å². The summed E-state index contributed by atoms with van der Waals surface area (Å²) in [5, 5.41) is 0. The molecular formula is C21H26N4O2. The number of hydrogen-bond donors (Lipinski definition) is 0. The van der Waals surface area contributed by atoms with Gasteiger partial charge in [-0.05, 0) is 31.4 Å². The second kappa shape index (κ2) is 7.18. The van der Waals surface area contributed by atoms with Crippen LogP contribution in [0.4, 0.5) is 11.6 Å². The first-order valence-electron chi connectivity index (χ1n) is 9.60. The molecule has 1 aromatic carbocycles. The number of rotatable bonds is 3. The largest absolute Gasteiger partial charge is 0.497 e. The fourth-order valence-electron chi connectivity index (χ4n) is 4.06. The van der Waals surface area contributed by atoms with Gasteiger partial charge in [0.2, 0.25) is 5.95 Å². The predicted octanol–water partition coefficient (Wildman–Crippen LogP) is 2.89. The van der Waals surface area contributed by atoms with Crippen molar-refractivity contribution in [3.63, 3.8) is 0 Å². The Morgan fingerprint density at radius 3 is 2.56 bits per heavy atom. The topological polar surface area (TPSA) is 58.6 Å². The molecule has 1 saturated heterocycles. The lowest BCUT2D eigenvalue weighted by atomic mass is 9.86. The molecule has 2 heterocycles. The van der Waals surface area contributed by atoms with E-state index in [0.717, 1.165) is 61.2 Å². The standard InChI is InChI=1S/C21H26N4O2/c1-14-11-18-20(19(26)12-14)15(2)22-21(23-18)25-9-7-24(8-10-25)16-5-4-6-17(13-16)27-3/h4-6,13-14H,7-12H2,1-3H3/t14-/m0/s1. The molecule has 6 nitrogen and oxygen atoms in total. The number of Topliss-reactive ketones (excluding diaryl/α,β-unsaturated/α-hetero) is 1. The first-order valence-corrected chi connectivity index (χ1v) is 9.60. The third-order valence-electron chi connectivity index (χ3n) is 5.49. The SMILES string of the molecule is COc1cccc(N2CCN(c3nc(C)c4c(n3)C[C@H](C)CC4=O)CC2)c1. The van der Waals surface area contributed by atoms with Gasteiger partial charge in [0, 0.05) is 44.4 Å². The van der Waals surface area contributed by atoms with Crippen LogP contribution >= 0.6 is 0 Å². The number of hydrogen-bond acceptors (Lipinski definition) is 6. The molecule has 2 aromatic rings. The lowest BCUT2D eigenvalue weighted by Crippen LogP contribution is -2.47. The summed E-state index contributed by atoms with van der Waals surface area (Å²) in [4.78, 5) is 26.4. The van der Waals surface area contributed by atoms with E-state index in [9.17, 15) is 4.79 Å². The van der Waals surface area contributed by atoms with Crippen LogP contribution in [0, 0.1) is 12.8 Å². The smallest absolute Gasteiger partial charge is 0.225 e. The second-order valence-electron chi connectivity index (χ2n) is 7.54. The van der Waals surface area contributed by atoms with Gasteiger partial charge in [-0.1, -0.05) is 13.0 Å². The van der Waals surface area contributed by atoms with Crippen LogP contribution in [0.5, 0.6) is 5.75 Å². The molecule has 0 spiro atoms. The number of aryl methyl sites for hydroxylation is 1. The Bertz CT molecular complexity index is 859. The van der Waals surface area contributed by atoms with Crippen molar-refractivity contribution in [3.8, 4) is 5.75 Å². The minimum atomic E-state index is 0.190. The zero-order chi connectivity index (χ0) is 19.0. The summed E-state index contributed by atoms with van der Waals surface area (Å²) < 4.78 is 5.33. The molecule has 27 heavy (non-hydrogen) atoms. The van der Waals surface area contributed by atoms with Crippen LogP contribution in [0.3, 0.4) is 0 Å². The van der Waals surface area contributed by atoms with E-state index in [2.05, 4.69) is 33.8 Å². The number of nitrogens with zero attached hydrogens (tertiary/aromatic N) is 4. The van der Waals surface area contributed by atoms with Crippen molar-refractivity contribution in [1.29, 1.82) is 0 Å². The van der Waals surface area contributed by atoms with Crippen molar-refractivity contribution in [1.82, 2.24) is 9.97 Å². The predicted molar refractivity (Wildman–Crippen MR) is 106 cm³/mol. The minimum absolute atomic E-state index is 0.190. The average molecular weight is 366 g/mol. The Hall–Kier alpha value is -2.63. The highest BCUT2D eigenvalue weighted by molar-refractivity contribution is 5.99. The molecule has 0 N–H and O–H groups in total. The Labute approximate surface area is 160 Å². The lowest BCUT2D eigenvalue weighted by Gasteiger charge is -2.36. The van der Waals surface area contributed by atoms with Crippen molar-refractivity contribution in [2.75, 3.05) is 43.1 Å². The van der Waals surface area contributed by atoms with Crippen molar-refractivity contribution in [3.05, 3.63) is 41.2 Å². The molecule has 142 valence electrons. The molecule has 1 atom stereocenters. The number of anilines is 2. The number of carbonyl (C=O) groups excluding carboxylic acids is 1.